The summed E-state index contributed by atoms with van der Waals surface area (Å²) in [6.45, 7) is 4.43. The van der Waals surface area contributed by atoms with Gasteiger partial charge in [0.1, 0.15) is 0 Å². The van der Waals surface area contributed by atoms with Crippen LogP contribution in [0.2, 0.25) is 0 Å². The molecule has 1 rings (SSSR count). The first kappa shape index (κ1) is 15.9. The standard InChI is InChI=1S/C11H16F3N3OS/c1-3-5-18-9-7-8(2)16-10(17-9)15-4-6-19-11(12,13)14/h7H,3-6H2,1-2H3,(H,15,16,17). The monoisotopic (exact) mass is 295 g/mol. The Balaban J connectivity index is 2.46. The molecule has 0 amide bonds. The lowest BCUT2D eigenvalue weighted by Gasteiger charge is -2.09. The first-order valence-electron chi connectivity index (χ1n) is 5.83. The molecule has 0 saturated carbocycles. The molecule has 0 spiro atoms. The number of hydrogen-bond acceptors (Lipinski definition) is 5. The van der Waals surface area contributed by atoms with Crippen LogP contribution in [0, 0.1) is 6.92 Å². The maximum absolute atomic E-state index is 11.9. The van der Waals surface area contributed by atoms with E-state index < -0.39 is 5.51 Å². The fourth-order valence-electron chi connectivity index (χ4n) is 1.23. The number of aromatic nitrogens is 2. The van der Waals surface area contributed by atoms with E-state index in [4.69, 9.17) is 4.74 Å². The minimum absolute atomic E-state index is 0.0742. The smallest absolute Gasteiger partial charge is 0.441 e. The zero-order chi connectivity index (χ0) is 14.3. The third kappa shape index (κ3) is 7.09. The van der Waals surface area contributed by atoms with E-state index >= 15 is 0 Å². The summed E-state index contributed by atoms with van der Waals surface area (Å²) < 4.78 is 41.2. The highest BCUT2D eigenvalue weighted by molar-refractivity contribution is 8.00. The predicted octanol–water partition coefficient (Wildman–Crippen LogP) is 3.24. The maximum atomic E-state index is 11.9. The van der Waals surface area contributed by atoms with Gasteiger partial charge >= 0.3 is 5.51 Å². The lowest BCUT2D eigenvalue weighted by molar-refractivity contribution is -0.0327. The van der Waals surface area contributed by atoms with Crippen LogP contribution in [0.25, 0.3) is 0 Å². The van der Waals surface area contributed by atoms with Crippen molar-refractivity contribution in [3.63, 3.8) is 0 Å². The molecule has 0 atom stereocenters. The van der Waals surface area contributed by atoms with Crippen LogP contribution in [0.5, 0.6) is 5.88 Å². The molecule has 1 aromatic heterocycles. The van der Waals surface area contributed by atoms with Gasteiger partial charge in [0, 0.05) is 24.1 Å². The summed E-state index contributed by atoms with van der Waals surface area (Å²) in [4.78, 5) is 8.15. The highest BCUT2D eigenvalue weighted by Crippen LogP contribution is 2.29. The van der Waals surface area contributed by atoms with E-state index in [1.54, 1.807) is 13.0 Å². The Morgan fingerprint density at radius 2 is 2.11 bits per heavy atom. The van der Waals surface area contributed by atoms with E-state index in [0.717, 1.165) is 6.42 Å². The van der Waals surface area contributed by atoms with Crippen LogP contribution in [0.1, 0.15) is 19.0 Å². The molecule has 1 aromatic rings. The molecular formula is C11H16F3N3OS. The van der Waals surface area contributed by atoms with E-state index in [1.165, 1.54) is 0 Å². The minimum atomic E-state index is -4.20. The molecule has 0 aliphatic carbocycles. The normalized spacial score (nSPS) is 11.4. The number of halogens is 3. The van der Waals surface area contributed by atoms with Crippen molar-refractivity contribution in [3.05, 3.63) is 11.8 Å². The Kier molecular flexibility index (Phi) is 6.20. The Morgan fingerprint density at radius 1 is 1.37 bits per heavy atom. The van der Waals surface area contributed by atoms with E-state index in [1.807, 2.05) is 6.92 Å². The zero-order valence-corrected chi connectivity index (χ0v) is 11.6. The summed E-state index contributed by atoms with van der Waals surface area (Å²) in [6, 6.07) is 1.69. The summed E-state index contributed by atoms with van der Waals surface area (Å²) >= 11 is -0.0742. The highest BCUT2D eigenvalue weighted by Gasteiger charge is 2.27. The Morgan fingerprint density at radius 3 is 2.74 bits per heavy atom. The van der Waals surface area contributed by atoms with Crippen molar-refractivity contribution >= 4 is 17.7 Å². The molecule has 0 saturated heterocycles. The maximum Gasteiger partial charge on any atom is 0.441 e. The van der Waals surface area contributed by atoms with Crippen LogP contribution in [0.4, 0.5) is 19.1 Å². The molecular weight excluding hydrogens is 279 g/mol. The summed E-state index contributed by atoms with van der Waals surface area (Å²) in [5, 5.41) is 2.75. The highest BCUT2D eigenvalue weighted by atomic mass is 32.2. The second-order valence-corrected chi connectivity index (χ2v) is 4.90. The number of nitrogens with one attached hydrogen (secondary N) is 1. The van der Waals surface area contributed by atoms with Gasteiger partial charge in [0.2, 0.25) is 11.8 Å². The molecule has 4 nitrogen and oxygen atoms in total. The van der Waals surface area contributed by atoms with E-state index in [9.17, 15) is 13.2 Å². The fraction of sp³-hybridized carbons (Fsp3) is 0.636. The van der Waals surface area contributed by atoms with Crippen LogP contribution in [0.15, 0.2) is 6.07 Å². The molecule has 1 heterocycles. The quantitative estimate of drug-likeness (QED) is 0.783. The summed E-state index contributed by atoms with van der Waals surface area (Å²) in [5.41, 5.74) is -3.50. The topological polar surface area (TPSA) is 47.0 Å². The predicted molar refractivity (Wildman–Crippen MR) is 69.6 cm³/mol. The number of thioether (sulfide) groups is 1. The zero-order valence-electron chi connectivity index (χ0n) is 10.8. The van der Waals surface area contributed by atoms with Gasteiger partial charge in [0.05, 0.1) is 6.61 Å². The van der Waals surface area contributed by atoms with Crippen molar-refractivity contribution in [2.75, 3.05) is 24.2 Å². The number of rotatable bonds is 7. The Labute approximate surface area is 114 Å². The van der Waals surface area contributed by atoms with Crippen molar-refractivity contribution in [2.24, 2.45) is 0 Å². The van der Waals surface area contributed by atoms with Gasteiger partial charge in [-0.3, -0.25) is 0 Å². The van der Waals surface area contributed by atoms with Crippen LogP contribution >= 0.6 is 11.8 Å². The number of aryl methyl sites for hydroxylation is 1. The van der Waals surface area contributed by atoms with E-state index in [2.05, 4.69) is 15.3 Å². The number of nitrogens with zero attached hydrogens (tertiary/aromatic N) is 2. The largest absolute Gasteiger partial charge is 0.478 e. The lowest BCUT2D eigenvalue weighted by atomic mass is 10.4. The average molecular weight is 295 g/mol. The van der Waals surface area contributed by atoms with Gasteiger partial charge in [0.25, 0.3) is 0 Å². The van der Waals surface area contributed by atoms with E-state index in [0.29, 0.717) is 18.2 Å². The van der Waals surface area contributed by atoms with Gasteiger partial charge in [0.15, 0.2) is 0 Å². The van der Waals surface area contributed by atoms with Crippen molar-refractivity contribution in [3.8, 4) is 5.88 Å². The molecule has 0 aliphatic heterocycles. The molecule has 108 valence electrons. The van der Waals surface area contributed by atoms with Gasteiger partial charge in [-0.05, 0) is 25.1 Å². The molecule has 0 aromatic carbocycles. The van der Waals surface area contributed by atoms with Gasteiger partial charge in [-0.1, -0.05) is 6.92 Å². The lowest BCUT2D eigenvalue weighted by Crippen LogP contribution is -2.12. The summed E-state index contributed by atoms with van der Waals surface area (Å²) in [6.07, 6.45) is 0.855. The number of hydrogen-bond donors (Lipinski definition) is 1. The van der Waals surface area contributed by atoms with Crippen LogP contribution in [-0.2, 0) is 0 Å². The molecule has 19 heavy (non-hydrogen) atoms. The summed E-state index contributed by atoms with van der Waals surface area (Å²) in [5.74, 6) is 0.626. The van der Waals surface area contributed by atoms with Gasteiger partial charge in [-0.15, -0.1) is 0 Å². The Hall–Kier alpha value is -1.18. The second-order valence-electron chi connectivity index (χ2n) is 3.74. The van der Waals surface area contributed by atoms with Crippen LogP contribution in [-0.4, -0.2) is 34.4 Å². The van der Waals surface area contributed by atoms with E-state index in [-0.39, 0.29) is 30.0 Å². The Bertz CT molecular complexity index is 401. The molecule has 0 fully saturated rings. The number of anilines is 1. The second kappa shape index (κ2) is 7.42. The van der Waals surface area contributed by atoms with Gasteiger partial charge in [-0.2, -0.15) is 18.2 Å². The SMILES string of the molecule is CCCOc1cc(C)nc(NCCSC(F)(F)F)n1. The minimum Gasteiger partial charge on any atom is -0.478 e. The molecule has 0 aliphatic rings. The van der Waals surface area contributed by atoms with Crippen LogP contribution in [0.3, 0.4) is 0 Å². The van der Waals surface area contributed by atoms with Crippen LogP contribution < -0.4 is 10.1 Å². The first-order chi connectivity index (χ1) is 8.90. The van der Waals surface area contributed by atoms with Gasteiger partial charge in [-0.25, -0.2) is 4.98 Å². The van der Waals surface area contributed by atoms with Crippen molar-refractivity contribution in [1.82, 2.24) is 9.97 Å². The fourth-order valence-corrected chi connectivity index (χ4v) is 1.66. The molecule has 8 heteroatoms. The third-order valence-electron chi connectivity index (χ3n) is 1.94. The molecule has 1 N–H and O–H groups in total. The summed E-state index contributed by atoms with van der Waals surface area (Å²) in [7, 11) is 0. The number of alkyl halides is 3. The third-order valence-corrected chi connectivity index (χ3v) is 2.67. The average Bonchev–Trinajstić information content (AvgIpc) is 2.30. The van der Waals surface area contributed by atoms with Crippen molar-refractivity contribution < 1.29 is 17.9 Å². The molecule has 0 unspecified atom stereocenters. The molecule has 0 radical (unpaired) electrons. The molecule has 0 bridgehead atoms. The van der Waals surface area contributed by atoms with Gasteiger partial charge < -0.3 is 10.1 Å². The van der Waals surface area contributed by atoms with Crippen molar-refractivity contribution in [2.45, 2.75) is 25.8 Å². The van der Waals surface area contributed by atoms with Crippen molar-refractivity contribution in [1.29, 1.82) is 0 Å². The number of ether oxygens (including phenoxy) is 1. The first-order valence-corrected chi connectivity index (χ1v) is 6.82.